The van der Waals surface area contributed by atoms with Crippen molar-refractivity contribution in [3.63, 3.8) is 0 Å². The van der Waals surface area contributed by atoms with Crippen molar-refractivity contribution in [1.82, 2.24) is 5.32 Å². The molecule has 0 saturated heterocycles. The average molecular weight is 826 g/mol. The average Bonchev–Trinajstić information content (AvgIpc) is 3.17. The fourth-order valence-electron chi connectivity index (χ4n) is 7.48. The topological polar surface area (TPSA) is 226 Å². The van der Waals surface area contributed by atoms with Crippen molar-refractivity contribution in [2.45, 2.75) is 255 Å². The van der Waals surface area contributed by atoms with Crippen molar-refractivity contribution in [2.24, 2.45) is 0 Å². The van der Waals surface area contributed by atoms with Gasteiger partial charge in [-0.25, -0.2) is 4.57 Å². The molecule has 1 fully saturated rings. The number of hydrogen-bond acceptors (Lipinski definition) is 11. The SMILES string of the molecule is CCCCCCCCCCCCCCCCCCCCC(O)CC(=O)NC(COP(=O)(O)OC1C(O)C(O)C(O)C(O)C1O)C(O)CCCCCCCCCC. The highest BCUT2D eigenvalue weighted by Gasteiger charge is 2.51. The molecule has 0 aliphatic heterocycles. The number of hydrogen-bond donors (Lipinski definition) is 9. The largest absolute Gasteiger partial charge is 0.472 e. The lowest BCUT2D eigenvalue weighted by atomic mass is 9.85. The molecule has 56 heavy (non-hydrogen) atoms. The first-order chi connectivity index (χ1) is 26.8. The number of rotatable bonds is 37. The maximum Gasteiger partial charge on any atom is 0.472 e. The molecular formula is C42H84NO12P. The first kappa shape index (κ1) is 53.3. The minimum atomic E-state index is -5.10. The molecule has 1 saturated carbocycles. The molecule has 334 valence electrons. The molecule has 1 aliphatic carbocycles. The van der Waals surface area contributed by atoms with Crippen LogP contribution in [0.2, 0.25) is 0 Å². The lowest BCUT2D eigenvalue weighted by molar-refractivity contribution is -0.220. The Morgan fingerprint density at radius 1 is 0.554 bits per heavy atom. The van der Waals surface area contributed by atoms with Crippen LogP contribution in [-0.2, 0) is 18.4 Å². The highest BCUT2D eigenvalue weighted by Crippen LogP contribution is 2.47. The van der Waals surface area contributed by atoms with Crippen LogP contribution in [-0.4, -0.2) is 108 Å². The Labute approximate surface area is 339 Å². The zero-order chi connectivity index (χ0) is 41.6. The molecule has 9 N–H and O–H groups in total. The van der Waals surface area contributed by atoms with E-state index in [9.17, 15) is 50.0 Å². The standard InChI is InChI=1S/C42H84NO12P/c1-3-5-7-9-11-13-14-15-16-17-18-19-20-21-22-23-25-27-29-33(44)31-36(46)43-34(35(45)30-28-26-24-12-10-8-6-4-2)32-54-56(52,53)55-42-40(50)38(48)37(47)39(49)41(42)51/h33-35,37-42,44-45,47-51H,3-32H2,1-2H3,(H,43,46)(H,52,53). The van der Waals surface area contributed by atoms with Gasteiger partial charge in [0.2, 0.25) is 5.91 Å². The van der Waals surface area contributed by atoms with E-state index in [0.29, 0.717) is 12.8 Å². The molecule has 0 aromatic rings. The summed E-state index contributed by atoms with van der Waals surface area (Å²) in [5.74, 6) is -0.560. The number of phosphoric acid groups is 1. The van der Waals surface area contributed by atoms with Crippen molar-refractivity contribution < 1.29 is 59.0 Å². The number of unbranched alkanes of at least 4 members (excludes halogenated alkanes) is 24. The maximum atomic E-state index is 12.9. The zero-order valence-electron chi connectivity index (χ0n) is 35.1. The van der Waals surface area contributed by atoms with Gasteiger partial charge in [0.1, 0.15) is 36.6 Å². The normalized spacial score (nSPS) is 24.1. The lowest BCUT2D eigenvalue weighted by Gasteiger charge is -2.41. The third kappa shape index (κ3) is 25.0. The fraction of sp³-hybridized carbons (Fsp3) is 0.976. The number of aliphatic hydroxyl groups is 7. The molecule has 0 aromatic heterocycles. The van der Waals surface area contributed by atoms with Crippen molar-refractivity contribution >= 4 is 13.7 Å². The molecule has 1 rings (SSSR count). The monoisotopic (exact) mass is 826 g/mol. The molecule has 0 bridgehead atoms. The van der Waals surface area contributed by atoms with Gasteiger partial charge in [0.25, 0.3) is 0 Å². The highest BCUT2D eigenvalue weighted by molar-refractivity contribution is 7.47. The highest BCUT2D eigenvalue weighted by atomic mass is 31.2. The number of phosphoric ester groups is 1. The van der Waals surface area contributed by atoms with E-state index < -0.39 is 75.2 Å². The van der Waals surface area contributed by atoms with Gasteiger partial charge >= 0.3 is 7.82 Å². The van der Waals surface area contributed by atoms with Gasteiger partial charge in [0.05, 0.1) is 31.3 Å². The summed E-state index contributed by atoms with van der Waals surface area (Å²) in [4.78, 5) is 23.3. The van der Waals surface area contributed by atoms with Gasteiger partial charge in [-0.05, 0) is 12.8 Å². The molecule has 8 unspecified atom stereocenters. The summed E-state index contributed by atoms with van der Waals surface area (Å²) in [6.45, 7) is 3.74. The summed E-state index contributed by atoms with van der Waals surface area (Å²) in [6, 6.07) is -1.15. The summed E-state index contributed by atoms with van der Waals surface area (Å²) in [7, 11) is -5.10. The van der Waals surface area contributed by atoms with Gasteiger partial charge in [-0.3, -0.25) is 13.8 Å². The Balaban J connectivity index is 2.43. The van der Waals surface area contributed by atoms with Gasteiger partial charge in [-0.1, -0.05) is 181 Å². The number of amides is 1. The van der Waals surface area contributed by atoms with E-state index >= 15 is 0 Å². The molecule has 13 nitrogen and oxygen atoms in total. The summed E-state index contributed by atoms with van der Waals surface area (Å²) in [5, 5.41) is 74.3. The number of aliphatic hydroxyl groups excluding tert-OH is 7. The van der Waals surface area contributed by atoms with Crippen LogP contribution in [0.25, 0.3) is 0 Å². The van der Waals surface area contributed by atoms with E-state index in [-0.39, 0.29) is 12.8 Å². The molecule has 1 amide bonds. The summed E-state index contributed by atoms with van der Waals surface area (Å²) < 4.78 is 22.8. The zero-order valence-corrected chi connectivity index (χ0v) is 36.0. The Morgan fingerprint density at radius 3 is 1.29 bits per heavy atom. The number of carbonyl (C=O) groups excluding carboxylic acids is 1. The molecule has 8 atom stereocenters. The third-order valence-electron chi connectivity index (χ3n) is 11.2. The summed E-state index contributed by atoms with van der Waals surface area (Å²) in [5.41, 5.74) is 0. The second-order valence-corrected chi connectivity index (χ2v) is 17.9. The van der Waals surface area contributed by atoms with Crippen LogP contribution >= 0.6 is 7.82 Å². The quantitative estimate of drug-likeness (QED) is 0.0231. The second-order valence-electron chi connectivity index (χ2n) is 16.4. The van der Waals surface area contributed by atoms with Crippen LogP contribution in [0, 0.1) is 0 Å². The van der Waals surface area contributed by atoms with Gasteiger partial charge in [-0.2, -0.15) is 0 Å². The van der Waals surface area contributed by atoms with Gasteiger partial charge < -0.3 is 46.0 Å². The summed E-state index contributed by atoms with van der Waals surface area (Å²) >= 11 is 0. The van der Waals surface area contributed by atoms with Crippen LogP contribution in [0.5, 0.6) is 0 Å². The van der Waals surface area contributed by atoms with Crippen LogP contribution < -0.4 is 5.32 Å². The molecule has 14 heteroatoms. The second kappa shape index (κ2) is 33.1. The van der Waals surface area contributed by atoms with Crippen molar-refractivity contribution in [3.05, 3.63) is 0 Å². The van der Waals surface area contributed by atoms with E-state index in [2.05, 4.69) is 19.2 Å². The fourth-order valence-corrected chi connectivity index (χ4v) is 8.45. The van der Waals surface area contributed by atoms with E-state index in [4.69, 9.17) is 9.05 Å². The molecule has 0 aromatic carbocycles. The molecule has 0 spiro atoms. The third-order valence-corrected chi connectivity index (χ3v) is 12.2. The smallest absolute Gasteiger partial charge is 0.393 e. The Kier molecular flexibility index (Phi) is 31.5. The molecular weight excluding hydrogens is 741 g/mol. The number of nitrogens with one attached hydrogen (secondary N) is 1. The molecule has 0 heterocycles. The van der Waals surface area contributed by atoms with E-state index in [1.165, 1.54) is 109 Å². The molecule has 0 radical (unpaired) electrons. The van der Waals surface area contributed by atoms with Crippen LogP contribution in [0.3, 0.4) is 0 Å². The maximum absolute atomic E-state index is 12.9. The Bertz CT molecular complexity index is 979. The predicted molar refractivity (Wildman–Crippen MR) is 220 cm³/mol. The van der Waals surface area contributed by atoms with Gasteiger partial charge in [0.15, 0.2) is 0 Å². The van der Waals surface area contributed by atoms with Crippen molar-refractivity contribution in [2.75, 3.05) is 6.61 Å². The predicted octanol–water partition coefficient (Wildman–Crippen LogP) is 6.87. The Morgan fingerprint density at radius 2 is 0.893 bits per heavy atom. The first-order valence-electron chi connectivity index (χ1n) is 22.6. The Hall–Kier alpha value is -0.700. The van der Waals surface area contributed by atoms with Crippen molar-refractivity contribution in [1.29, 1.82) is 0 Å². The van der Waals surface area contributed by atoms with Crippen LogP contribution in [0.4, 0.5) is 0 Å². The molecule has 1 aliphatic rings. The lowest BCUT2D eigenvalue weighted by Crippen LogP contribution is -2.64. The van der Waals surface area contributed by atoms with Crippen LogP contribution in [0.15, 0.2) is 0 Å². The van der Waals surface area contributed by atoms with Gasteiger partial charge in [0, 0.05) is 0 Å². The minimum absolute atomic E-state index is 0.216. The minimum Gasteiger partial charge on any atom is -0.393 e. The van der Waals surface area contributed by atoms with E-state index in [1.54, 1.807) is 0 Å². The van der Waals surface area contributed by atoms with Crippen LogP contribution in [0.1, 0.15) is 200 Å². The van der Waals surface area contributed by atoms with Gasteiger partial charge in [-0.15, -0.1) is 0 Å². The van der Waals surface area contributed by atoms with Crippen molar-refractivity contribution in [3.8, 4) is 0 Å². The number of carbonyl (C=O) groups is 1. The van der Waals surface area contributed by atoms with E-state index in [0.717, 1.165) is 51.4 Å². The van der Waals surface area contributed by atoms with E-state index in [1.807, 2.05) is 0 Å². The first-order valence-corrected chi connectivity index (χ1v) is 24.1. The summed E-state index contributed by atoms with van der Waals surface area (Å²) in [6.07, 6.45) is 17.6.